The number of nitrogens with one attached hydrogen (secondary N) is 2. The first-order valence-corrected chi connectivity index (χ1v) is 8.22. The van der Waals surface area contributed by atoms with Gasteiger partial charge in [0.25, 0.3) is 5.91 Å². The first-order valence-electron chi connectivity index (χ1n) is 8.22. The topological polar surface area (TPSA) is 63.2 Å². The molecule has 3 rings (SSSR count). The number of anilines is 2. The highest BCUT2D eigenvalue weighted by atomic mass is 19.4. The van der Waals surface area contributed by atoms with E-state index in [1.165, 1.54) is 24.4 Å². The Kier molecular flexibility index (Phi) is 5.41. The molecule has 1 aromatic heterocycles. The van der Waals surface area contributed by atoms with Crippen LogP contribution in [0.4, 0.5) is 24.7 Å². The number of aromatic nitrogens is 1. The van der Waals surface area contributed by atoms with Crippen LogP contribution in [0.5, 0.6) is 0 Å². The van der Waals surface area contributed by atoms with Gasteiger partial charge in [-0.15, -0.1) is 0 Å². The van der Waals surface area contributed by atoms with Gasteiger partial charge in [-0.05, 0) is 43.2 Å². The molecule has 1 saturated heterocycles. The maximum absolute atomic E-state index is 12.8. The molecule has 1 fully saturated rings. The van der Waals surface area contributed by atoms with Gasteiger partial charge in [-0.25, -0.2) is 4.98 Å². The number of carbonyl (C=O) groups excluding carboxylic acids is 1. The Morgan fingerprint density at radius 2 is 2.12 bits per heavy atom. The normalized spacial score (nSPS) is 17.1. The molecule has 2 N–H and O–H groups in total. The van der Waals surface area contributed by atoms with Gasteiger partial charge in [0.05, 0.1) is 11.7 Å². The number of amides is 1. The molecule has 2 aromatic rings. The number of nitrogens with zero attached hydrogens (tertiary/aromatic N) is 1. The lowest BCUT2D eigenvalue weighted by atomic mass is 10.2. The van der Waals surface area contributed by atoms with Crippen molar-refractivity contribution >= 4 is 17.4 Å². The molecule has 1 aliphatic heterocycles. The molecule has 0 aliphatic carbocycles. The first kappa shape index (κ1) is 18.2. The number of rotatable bonds is 5. The van der Waals surface area contributed by atoms with E-state index in [4.69, 9.17) is 4.74 Å². The summed E-state index contributed by atoms with van der Waals surface area (Å²) in [4.78, 5) is 16.3. The van der Waals surface area contributed by atoms with Gasteiger partial charge in [-0.1, -0.05) is 6.07 Å². The average Bonchev–Trinajstić information content (AvgIpc) is 3.13. The molecule has 1 amide bonds. The van der Waals surface area contributed by atoms with Crippen molar-refractivity contribution in [3.8, 4) is 0 Å². The van der Waals surface area contributed by atoms with Gasteiger partial charge in [-0.2, -0.15) is 13.2 Å². The Morgan fingerprint density at radius 3 is 2.85 bits per heavy atom. The van der Waals surface area contributed by atoms with Gasteiger partial charge in [0.15, 0.2) is 0 Å². The number of benzene rings is 1. The van der Waals surface area contributed by atoms with Crippen LogP contribution in [0.25, 0.3) is 0 Å². The third-order valence-electron chi connectivity index (χ3n) is 4.00. The number of pyridine rings is 1. The molecule has 1 unspecified atom stereocenters. The van der Waals surface area contributed by atoms with E-state index >= 15 is 0 Å². The monoisotopic (exact) mass is 365 g/mol. The molecular formula is C18H18F3N3O2. The van der Waals surface area contributed by atoms with E-state index in [1.54, 1.807) is 6.07 Å². The van der Waals surface area contributed by atoms with Crippen LogP contribution in [0.3, 0.4) is 0 Å². The minimum atomic E-state index is -4.42. The summed E-state index contributed by atoms with van der Waals surface area (Å²) in [5.74, 6) is 0.00378. The molecule has 138 valence electrons. The number of hydrogen-bond acceptors (Lipinski definition) is 4. The van der Waals surface area contributed by atoms with Crippen molar-refractivity contribution in [3.63, 3.8) is 0 Å². The lowest BCUT2D eigenvalue weighted by Crippen LogP contribution is -2.31. The molecule has 8 heteroatoms. The van der Waals surface area contributed by atoms with Gasteiger partial charge in [-0.3, -0.25) is 4.79 Å². The largest absolute Gasteiger partial charge is 0.416 e. The van der Waals surface area contributed by atoms with Crippen LogP contribution >= 0.6 is 0 Å². The summed E-state index contributed by atoms with van der Waals surface area (Å²) in [6.45, 7) is 1.14. The number of alkyl halides is 3. The maximum Gasteiger partial charge on any atom is 0.416 e. The van der Waals surface area contributed by atoms with Crippen molar-refractivity contribution in [1.82, 2.24) is 10.3 Å². The zero-order valence-corrected chi connectivity index (χ0v) is 13.8. The Hall–Kier alpha value is -2.61. The first-order chi connectivity index (χ1) is 12.4. The van der Waals surface area contributed by atoms with Crippen molar-refractivity contribution in [3.05, 3.63) is 53.7 Å². The lowest BCUT2D eigenvalue weighted by molar-refractivity contribution is -0.137. The van der Waals surface area contributed by atoms with Gasteiger partial charge in [0.1, 0.15) is 5.82 Å². The average molecular weight is 365 g/mol. The van der Waals surface area contributed by atoms with Crippen molar-refractivity contribution in [2.75, 3.05) is 18.5 Å². The van der Waals surface area contributed by atoms with Crippen molar-refractivity contribution < 1.29 is 22.7 Å². The third kappa shape index (κ3) is 4.72. The zero-order chi connectivity index (χ0) is 18.6. The highest BCUT2D eigenvalue weighted by Crippen LogP contribution is 2.31. The van der Waals surface area contributed by atoms with Crippen molar-refractivity contribution in [2.45, 2.75) is 25.1 Å². The summed E-state index contributed by atoms with van der Waals surface area (Å²) >= 11 is 0. The summed E-state index contributed by atoms with van der Waals surface area (Å²) in [5.41, 5.74) is -0.148. The molecule has 1 atom stereocenters. The molecule has 0 radical (unpaired) electrons. The molecular weight excluding hydrogens is 347 g/mol. The van der Waals surface area contributed by atoms with E-state index in [0.29, 0.717) is 18.7 Å². The Balaban J connectivity index is 1.66. The summed E-state index contributed by atoms with van der Waals surface area (Å²) < 4.78 is 43.8. The number of ether oxygens (including phenoxy) is 1. The second-order valence-electron chi connectivity index (χ2n) is 5.98. The standard InChI is InChI=1S/C18H18F3N3O2/c19-18(20,21)13-3-1-4-14(10-13)24-16-9-12(6-7-22-16)17(25)23-11-15-5-2-8-26-15/h1,3-4,6-7,9-10,15H,2,5,8,11H2,(H,22,24)(H,23,25). The van der Waals surface area contributed by atoms with E-state index in [2.05, 4.69) is 15.6 Å². The molecule has 26 heavy (non-hydrogen) atoms. The number of hydrogen-bond donors (Lipinski definition) is 2. The van der Waals surface area contributed by atoms with E-state index in [9.17, 15) is 18.0 Å². The summed E-state index contributed by atoms with van der Waals surface area (Å²) in [5, 5.41) is 5.59. The fraction of sp³-hybridized carbons (Fsp3) is 0.333. The molecule has 0 bridgehead atoms. The van der Waals surface area contributed by atoms with Crippen LogP contribution in [-0.2, 0) is 10.9 Å². The molecule has 0 saturated carbocycles. The smallest absolute Gasteiger partial charge is 0.376 e. The fourth-order valence-corrected chi connectivity index (χ4v) is 2.68. The van der Waals surface area contributed by atoms with Crippen LogP contribution in [-0.4, -0.2) is 30.1 Å². The number of carbonyl (C=O) groups is 1. The Morgan fingerprint density at radius 1 is 1.27 bits per heavy atom. The predicted molar refractivity (Wildman–Crippen MR) is 90.3 cm³/mol. The van der Waals surface area contributed by atoms with Gasteiger partial charge < -0.3 is 15.4 Å². The van der Waals surface area contributed by atoms with Gasteiger partial charge in [0.2, 0.25) is 0 Å². The second kappa shape index (κ2) is 7.74. The molecule has 0 spiro atoms. The zero-order valence-electron chi connectivity index (χ0n) is 13.8. The molecule has 1 aromatic carbocycles. The predicted octanol–water partition coefficient (Wildman–Crippen LogP) is 3.75. The van der Waals surface area contributed by atoms with Gasteiger partial charge in [0, 0.05) is 30.6 Å². The second-order valence-corrected chi connectivity index (χ2v) is 5.98. The quantitative estimate of drug-likeness (QED) is 0.847. The van der Waals surface area contributed by atoms with Crippen LogP contribution in [0.15, 0.2) is 42.6 Å². The van der Waals surface area contributed by atoms with Crippen molar-refractivity contribution in [2.24, 2.45) is 0 Å². The summed E-state index contributed by atoms with van der Waals surface area (Å²) in [6.07, 6.45) is -1.06. The van der Waals surface area contributed by atoms with Crippen LogP contribution in [0.2, 0.25) is 0 Å². The summed E-state index contributed by atoms with van der Waals surface area (Å²) in [6, 6.07) is 7.83. The molecule has 5 nitrogen and oxygen atoms in total. The van der Waals surface area contributed by atoms with E-state index in [1.807, 2.05) is 0 Å². The van der Waals surface area contributed by atoms with Crippen LogP contribution in [0.1, 0.15) is 28.8 Å². The maximum atomic E-state index is 12.8. The van der Waals surface area contributed by atoms with Crippen molar-refractivity contribution in [1.29, 1.82) is 0 Å². The van der Waals surface area contributed by atoms with E-state index < -0.39 is 11.7 Å². The van der Waals surface area contributed by atoms with E-state index in [0.717, 1.165) is 25.0 Å². The lowest BCUT2D eigenvalue weighted by Gasteiger charge is -2.12. The minimum absolute atomic E-state index is 0.0310. The Labute approximate surface area is 148 Å². The Bertz CT molecular complexity index is 774. The highest BCUT2D eigenvalue weighted by molar-refractivity contribution is 5.94. The fourth-order valence-electron chi connectivity index (χ4n) is 2.68. The van der Waals surface area contributed by atoms with Gasteiger partial charge >= 0.3 is 6.18 Å². The summed E-state index contributed by atoms with van der Waals surface area (Å²) in [7, 11) is 0. The van der Waals surface area contributed by atoms with E-state index in [-0.39, 0.29) is 23.5 Å². The third-order valence-corrected chi connectivity index (χ3v) is 4.00. The highest BCUT2D eigenvalue weighted by Gasteiger charge is 2.30. The molecule has 1 aliphatic rings. The minimum Gasteiger partial charge on any atom is -0.376 e. The molecule has 2 heterocycles. The van der Waals surface area contributed by atoms with Crippen LogP contribution < -0.4 is 10.6 Å². The SMILES string of the molecule is O=C(NCC1CCCO1)c1ccnc(Nc2cccc(C(F)(F)F)c2)c1. The van der Waals surface area contributed by atoms with Crippen LogP contribution in [0, 0.1) is 0 Å². The number of halogens is 3.